The van der Waals surface area contributed by atoms with Crippen LogP contribution in [0.4, 0.5) is 0 Å². The maximum atomic E-state index is 12.1. The average Bonchev–Trinajstić information content (AvgIpc) is 2.96. The molecule has 0 spiro atoms. The van der Waals surface area contributed by atoms with Crippen LogP contribution in [0.15, 0.2) is 36.5 Å². The zero-order chi connectivity index (χ0) is 29.4. The number of carbonyl (C=O) groups is 2. The molecule has 5 heteroatoms. The Kier molecular flexibility index (Phi) is 30.2. The molecule has 0 aromatic carbocycles. The second-order valence-electron chi connectivity index (χ2n) is 10.9. The van der Waals surface area contributed by atoms with Gasteiger partial charge in [-0.3, -0.25) is 9.59 Å². The minimum absolute atomic E-state index is 0.0736. The summed E-state index contributed by atoms with van der Waals surface area (Å²) < 4.78 is 10.5. The molecule has 0 rings (SSSR count). The predicted molar refractivity (Wildman–Crippen MR) is 168 cm³/mol. The van der Waals surface area contributed by atoms with Gasteiger partial charge in [-0.2, -0.15) is 0 Å². The highest BCUT2D eigenvalue weighted by molar-refractivity contribution is 5.70. The Labute approximate surface area is 246 Å². The van der Waals surface area contributed by atoms with Crippen molar-refractivity contribution in [2.45, 2.75) is 161 Å². The third-order valence-electron chi connectivity index (χ3n) is 6.94. The highest BCUT2D eigenvalue weighted by Crippen LogP contribution is 2.12. The SMILES string of the molecule is CCCCC/C=C/C/C=C/C/C=C/CCCCCCC(=O)O[C@@H](CO)COC(=O)CCCCCCCCCCC. The Morgan fingerprint density at radius 3 is 1.55 bits per heavy atom. The summed E-state index contributed by atoms with van der Waals surface area (Å²) in [5.41, 5.74) is 0. The molecular weight excluding hydrogens is 500 g/mol. The lowest BCUT2D eigenvalue weighted by Gasteiger charge is -2.15. The fraction of sp³-hybridized carbons (Fsp3) is 0.771. The number of allylic oxidation sites excluding steroid dienone is 6. The standard InChI is InChI=1S/C35H62O5/c1-3-5-7-9-11-13-14-15-16-17-18-19-20-22-24-26-28-30-35(38)40-33(31-36)32-39-34(37)29-27-25-23-21-12-10-8-6-4-2/h11,13,15-16,18-19,33,36H,3-10,12,14,17,20-32H2,1-2H3/b13-11+,16-15+,19-18+/t33-/m0/s1. The summed E-state index contributed by atoms with van der Waals surface area (Å²) in [5, 5.41) is 9.48. The van der Waals surface area contributed by atoms with Crippen molar-refractivity contribution in [2.75, 3.05) is 13.2 Å². The zero-order valence-electron chi connectivity index (χ0n) is 26.1. The molecule has 0 aliphatic rings. The average molecular weight is 563 g/mol. The van der Waals surface area contributed by atoms with Gasteiger partial charge in [0, 0.05) is 12.8 Å². The van der Waals surface area contributed by atoms with E-state index in [0.29, 0.717) is 12.8 Å². The van der Waals surface area contributed by atoms with Crippen molar-refractivity contribution in [2.24, 2.45) is 0 Å². The molecule has 1 atom stereocenters. The minimum atomic E-state index is -0.777. The van der Waals surface area contributed by atoms with E-state index in [-0.39, 0.29) is 25.2 Å². The number of aliphatic hydroxyl groups excluding tert-OH is 1. The van der Waals surface area contributed by atoms with Gasteiger partial charge < -0.3 is 14.6 Å². The molecule has 0 saturated heterocycles. The number of esters is 2. The third kappa shape index (κ3) is 29.1. The van der Waals surface area contributed by atoms with Crippen LogP contribution in [0.5, 0.6) is 0 Å². The van der Waals surface area contributed by atoms with E-state index >= 15 is 0 Å². The fourth-order valence-electron chi connectivity index (χ4n) is 4.38. The number of unbranched alkanes of at least 4 members (excludes halogenated alkanes) is 15. The van der Waals surface area contributed by atoms with Gasteiger partial charge in [0.15, 0.2) is 6.10 Å². The van der Waals surface area contributed by atoms with Crippen molar-refractivity contribution in [3.8, 4) is 0 Å². The molecule has 0 amide bonds. The number of aliphatic hydroxyl groups is 1. The first-order chi connectivity index (χ1) is 19.6. The second kappa shape index (κ2) is 31.6. The highest BCUT2D eigenvalue weighted by atomic mass is 16.6. The van der Waals surface area contributed by atoms with Crippen LogP contribution in [0.3, 0.4) is 0 Å². The van der Waals surface area contributed by atoms with Gasteiger partial charge in [-0.1, -0.05) is 127 Å². The van der Waals surface area contributed by atoms with E-state index in [2.05, 4.69) is 50.3 Å². The van der Waals surface area contributed by atoms with Crippen LogP contribution in [-0.2, 0) is 19.1 Å². The first kappa shape index (κ1) is 38.1. The van der Waals surface area contributed by atoms with E-state index in [9.17, 15) is 14.7 Å². The van der Waals surface area contributed by atoms with Gasteiger partial charge in [0.2, 0.25) is 0 Å². The molecule has 40 heavy (non-hydrogen) atoms. The lowest BCUT2D eigenvalue weighted by molar-refractivity contribution is -0.161. The molecule has 0 radical (unpaired) electrons. The van der Waals surface area contributed by atoms with Crippen molar-refractivity contribution in [3.63, 3.8) is 0 Å². The second-order valence-corrected chi connectivity index (χ2v) is 10.9. The van der Waals surface area contributed by atoms with Crippen LogP contribution in [0.25, 0.3) is 0 Å². The van der Waals surface area contributed by atoms with E-state index in [1.54, 1.807) is 0 Å². The number of carbonyl (C=O) groups excluding carboxylic acids is 2. The molecule has 0 bridgehead atoms. The predicted octanol–water partition coefficient (Wildman–Crippen LogP) is 9.72. The lowest BCUT2D eigenvalue weighted by Crippen LogP contribution is -2.28. The monoisotopic (exact) mass is 562 g/mol. The van der Waals surface area contributed by atoms with Gasteiger partial charge in [0.05, 0.1) is 6.61 Å². The minimum Gasteiger partial charge on any atom is -0.462 e. The molecule has 1 N–H and O–H groups in total. The van der Waals surface area contributed by atoms with Crippen LogP contribution in [-0.4, -0.2) is 36.4 Å². The molecule has 0 heterocycles. The molecule has 5 nitrogen and oxygen atoms in total. The van der Waals surface area contributed by atoms with Gasteiger partial charge >= 0.3 is 11.9 Å². The topological polar surface area (TPSA) is 72.8 Å². The molecule has 0 fully saturated rings. The van der Waals surface area contributed by atoms with Gasteiger partial charge in [-0.25, -0.2) is 0 Å². The fourth-order valence-corrected chi connectivity index (χ4v) is 4.38. The summed E-state index contributed by atoms with van der Waals surface area (Å²) >= 11 is 0. The number of ether oxygens (including phenoxy) is 2. The van der Waals surface area contributed by atoms with Crippen molar-refractivity contribution in [3.05, 3.63) is 36.5 Å². The lowest BCUT2D eigenvalue weighted by atomic mass is 10.1. The van der Waals surface area contributed by atoms with Crippen LogP contribution < -0.4 is 0 Å². The Hall–Kier alpha value is -1.88. The van der Waals surface area contributed by atoms with Crippen LogP contribution in [0, 0.1) is 0 Å². The smallest absolute Gasteiger partial charge is 0.306 e. The van der Waals surface area contributed by atoms with Crippen LogP contribution in [0.2, 0.25) is 0 Å². The summed E-state index contributed by atoms with van der Waals surface area (Å²) in [6.45, 7) is 4.05. The molecular formula is C35H62O5. The van der Waals surface area contributed by atoms with Gasteiger partial charge in [-0.05, 0) is 51.4 Å². The van der Waals surface area contributed by atoms with E-state index in [0.717, 1.165) is 64.2 Å². The first-order valence-electron chi connectivity index (χ1n) is 16.5. The quantitative estimate of drug-likeness (QED) is 0.0558. The van der Waals surface area contributed by atoms with Crippen molar-refractivity contribution in [1.82, 2.24) is 0 Å². The number of rotatable bonds is 29. The van der Waals surface area contributed by atoms with Gasteiger partial charge in [0.1, 0.15) is 6.61 Å². The third-order valence-corrected chi connectivity index (χ3v) is 6.94. The van der Waals surface area contributed by atoms with E-state index in [1.807, 2.05) is 0 Å². The maximum Gasteiger partial charge on any atom is 0.306 e. The molecule has 0 aromatic rings. The summed E-state index contributed by atoms with van der Waals surface area (Å²) in [6.07, 6.45) is 36.2. The van der Waals surface area contributed by atoms with Crippen molar-refractivity contribution >= 4 is 11.9 Å². The summed E-state index contributed by atoms with van der Waals surface area (Å²) in [6, 6.07) is 0. The van der Waals surface area contributed by atoms with Crippen LogP contribution >= 0.6 is 0 Å². The highest BCUT2D eigenvalue weighted by Gasteiger charge is 2.16. The zero-order valence-corrected chi connectivity index (χ0v) is 26.1. The molecule has 232 valence electrons. The van der Waals surface area contributed by atoms with Crippen molar-refractivity contribution < 1.29 is 24.2 Å². The molecule has 0 aliphatic carbocycles. The molecule has 0 saturated carbocycles. The number of hydrogen-bond acceptors (Lipinski definition) is 5. The normalized spacial score (nSPS) is 12.6. The molecule has 0 unspecified atom stereocenters. The van der Waals surface area contributed by atoms with Gasteiger partial charge in [0.25, 0.3) is 0 Å². The summed E-state index contributed by atoms with van der Waals surface area (Å²) in [4.78, 5) is 24.0. The number of hydrogen-bond donors (Lipinski definition) is 1. The van der Waals surface area contributed by atoms with Gasteiger partial charge in [-0.15, -0.1) is 0 Å². The van der Waals surface area contributed by atoms with Crippen molar-refractivity contribution in [1.29, 1.82) is 0 Å². The molecule has 0 aliphatic heterocycles. The van der Waals surface area contributed by atoms with E-state index < -0.39 is 6.10 Å². The Morgan fingerprint density at radius 2 is 1.00 bits per heavy atom. The Balaban J connectivity index is 3.65. The Bertz CT molecular complexity index is 652. The van der Waals surface area contributed by atoms with E-state index in [1.165, 1.54) is 64.2 Å². The largest absolute Gasteiger partial charge is 0.462 e. The van der Waals surface area contributed by atoms with Crippen LogP contribution in [0.1, 0.15) is 155 Å². The summed E-state index contributed by atoms with van der Waals surface area (Å²) in [5.74, 6) is -0.621. The Morgan fingerprint density at radius 1 is 0.575 bits per heavy atom. The summed E-state index contributed by atoms with van der Waals surface area (Å²) in [7, 11) is 0. The van der Waals surface area contributed by atoms with E-state index in [4.69, 9.17) is 9.47 Å². The maximum absolute atomic E-state index is 12.1. The first-order valence-corrected chi connectivity index (χ1v) is 16.5. The molecule has 0 aromatic heterocycles.